The van der Waals surface area contributed by atoms with E-state index in [0.717, 1.165) is 12.0 Å². The lowest BCUT2D eigenvalue weighted by molar-refractivity contribution is -0.124. The maximum absolute atomic E-state index is 13.2. The Bertz CT molecular complexity index is 950. The second kappa shape index (κ2) is 10.9. The molecule has 1 heterocycles. The summed E-state index contributed by atoms with van der Waals surface area (Å²) in [6.45, 7) is 3.31. The van der Waals surface area contributed by atoms with Crippen LogP contribution in [0.5, 0.6) is 23.0 Å². The highest BCUT2D eigenvalue weighted by molar-refractivity contribution is 5.95. The fraction of sp³-hybridized carbons (Fsp3) is 0.440. The lowest BCUT2D eigenvalue weighted by Crippen LogP contribution is -2.36. The van der Waals surface area contributed by atoms with Crippen LogP contribution in [0.4, 0.5) is 0 Å². The number of rotatable bonds is 9. The van der Waals surface area contributed by atoms with Crippen molar-refractivity contribution in [3.05, 3.63) is 47.5 Å². The molecular weight excluding hydrogens is 424 g/mol. The van der Waals surface area contributed by atoms with E-state index in [1.165, 1.54) is 0 Å². The van der Waals surface area contributed by atoms with E-state index >= 15 is 0 Å². The van der Waals surface area contributed by atoms with E-state index in [9.17, 15) is 9.59 Å². The van der Waals surface area contributed by atoms with Gasteiger partial charge in [0.15, 0.2) is 11.5 Å². The highest BCUT2D eigenvalue weighted by Gasteiger charge is 2.41. The fourth-order valence-corrected chi connectivity index (χ4v) is 4.18. The first-order valence-corrected chi connectivity index (χ1v) is 11.0. The van der Waals surface area contributed by atoms with Crippen LogP contribution in [0.2, 0.25) is 0 Å². The van der Waals surface area contributed by atoms with Crippen LogP contribution in [0, 0.1) is 5.92 Å². The van der Waals surface area contributed by atoms with Crippen molar-refractivity contribution in [2.75, 3.05) is 48.1 Å². The average molecular weight is 457 g/mol. The SMILES string of the molecule is CCCNC(=O)[C@@H]1CN(C(=O)c2ccc(OC)cc2)C[C@@H]1c1cc(OC)c(OC)c(OC)c1. The van der Waals surface area contributed by atoms with E-state index < -0.39 is 5.92 Å². The third kappa shape index (κ3) is 5.16. The first-order chi connectivity index (χ1) is 16.0. The largest absolute Gasteiger partial charge is 0.497 e. The molecule has 0 bridgehead atoms. The summed E-state index contributed by atoms with van der Waals surface area (Å²) in [4.78, 5) is 28.0. The number of amides is 2. The van der Waals surface area contributed by atoms with Crippen molar-refractivity contribution in [1.82, 2.24) is 10.2 Å². The molecule has 8 nitrogen and oxygen atoms in total. The van der Waals surface area contributed by atoms with Gasteiger partial charge in [-0.25, -0.2) is 0 Å². The normalized spacial score (nSPS) is 17.4. The number of nitrogens with one attached hydrogen (secondary N) is 1. The fourth-order valence-electron chi connectivity index (χ4n) is 4.18. The van der Waals surface area contributed by atoms with E-state index in [-0.39, 0.29) is 17.7 Å². The summed E-state index contributed by atoms with van der Waals surface area (Å²) < 4.78 is 21.6. The molecule has 1 saturated heterocycles. The van der Waals surface area contributed by atoms with Crippen LogP contribution >= 0.6 is 0 Å². The summed E-state index contributed by atoms with van der Waals surface area (Å²) in [5.41, 5.74) is 1.40. The standard InChI is InChI=1S/C25H32N2O6/c1-6-11-26-24(28)20-15-27(25(29)16-7-9-18(30-2)10-8-16)14-19(20)17-12-21(31-3)23(33-5)22(13-17)32-4/h7-10,12-13,19-20H,6,11,14-15H2,1-5H3,(H,26,28)/t19-,20-/m1/s1. The Morgan fingerprint density at radius 1 is 0.939 bits per heavy atom. The molecule has 0 radical (unpaired) electrons. The predicted octanol–water partition coefficient (Wildman–Crippen LogP) is 3.10. The minimum Gasteiger partial charge on any atom is -0.497 e. The predicted molar refractivity (Wildman–Crippen MR) is 125 cm³/mol. The molecule has 0 spiro atoms. The number of likely N-dealkylation sites (tertiary alicyclic amines) is 1. The van der Waals surface area contributed by atoms with Gasteiger partial charge in [0.1, 0.15) is 5.75 Å². The Balaban J connectivity index is 1.95. The number of ether oxygens (including phenoxy) is 4. The molecule has 1 aliphatic heterocycles. The van der Waals surface area contributed by atoms with Gasteiger partial charge >= 0.3 is 0 Å². The van der Waals surface area contributed by atoms with Gasteiger partial charge in [-0.2, -0.15) is 0 Å². The second-order valence-electron chi connectivity index (χ2n) is 7.90. The summed E-state index contributed by atoms with van der Waals surface area (Å²) in [6, 6.07) is 10.7. The van der Waals surface area contributed by atoms with E-state index in [1.54, 1.807) is 57.6 Å². The van der Waals surface area contributed by atoms with Gasteiger partial charge in [-0.3, -0.25) is 9.59 Å². The zero-order valence-electron chi connectivity index (χ0n) is 19.8. The highest BCUT2D eigenvalue weighted by atomic mass is 16.5. The molecule has 3 rings (SSSR count). The Kier molecular flexibility index (Phi) is 8.03. The molecule has 1 N–H and O–H groups in total. The number of carbonyl (C=O) groups excluding carboxylic acids is 2. The van der Waals surface area contributed by atoms with E-state index in [2.05, 4.69) is 5.32 Å². The molecule has 0 unspecified atom stereocenters. The van der Waals surface area contributed by atoms with Crippen molar-refractivity contribution >= 4 is 11.8 Å². The van der Waals surface area contributed by atoms with Crippen LogP contribution in [-0.2, 0) is 4.79 Å². The lowest BCUT2D eigenvalue weighted by Gasteiger charge is -2.21. The smallest absolute Gasteiger partial charge is 0.253 e. The highest BCUT2D eigenvalue weighted by Crippen LogP contribution is 2.43. The molecule has 0 aliphatic carbocycles. The maximum atomic E-state index is 13.2. The van der Waals surface area contributed by atoms with Gasteiger partial charge in [0.2, 0.25) is 11.7 Å². The quantitative estimate of drug-likeness (QED) is 0.624. The summed E-state index contributed by atoms with van der Waals surface area (Å²) in [5.74, 6) is 1.37. The van der Waals surface area contributed by atoms with Crippen molar-refractivity contribution in [3.8, 4) is 23.0 Å². The topological polar surface area (TPSA) is 86.3 Å². The third-order valence-corrected chi connectivity index (χ3v) is 5.95. The molecule has 2 atom stereocenters. The van der Waals surface area contributed by atoms with Crippen molar-refractivity contribution in [3.63, 3.8) is 0 Å². The Labute approximate surface area is 194 Å². The Hall–Kier alpha value is -3.42. The zero-order chi connectivity index (χ0) is 24.0. The molecule has 2 aromatic rings. The number of methoxy groups -OCH3 is 4. The zero-order valence-corrected chi connectivity index (χ0v) is 19.8. The second-order valence-corrected chi connectivity index (χ2v) is 7.90. The van der Waals surface area contributed by atoms with Crippen LogP contribution in [-0.4, -0.2) is 64.8 Å². The van der Waals surface area contributed by atoms with Gasteiger partial charge in [0.05, 0.1) is 34.4 Å². The molecular formula is C25H32N2O6. The summed E-state index contributed by atoms with van der Waals surface area (Å²) in [6.07, 6.45) is 0.835. The minimum atomic E-state index is -0.401. The molecule has 0 aromatic heterocycles. The van der Waals surface area contributed by atoms with Crippen molar-refractivity contribution in [2.24, 2.45) is 5.92 Å². The van der Waals surface area contributed by atoms with Crippen LogP contribution in [0.25, 0.3) is 0 Å². The van der Waals surface area contributed by atoms with Gasteiger partial charge in [-0.15, -0.1) is 0 Å². The molecule has 1 aliphatic rings. The third-order valence-electron chi connectivity index (χ3n) is 5.95. The number of hydrogen-bond donors (Lipinski definition) is 1. The van der Waals surface area contributed by atoms with E-state index in [0.29, 0.717) is 48.2 Å². The van der Waals surface area contributed by atoms with Crippen LogP contribution in [0.1, 0.15) is 35.2 Å². The average Bonchev–Trinajstić information content (AvgIpc) is 3.31. The maximum Gasteiger partial charge on any atom is 0.253 e. The van der Waals surface area contributed by atoms with Gasteiger partial charge in [-0.05, 0) is 48.4 Å². The molecule has 2 amide bonds. The first-order valence-electron chi connectivity index (χ1n) is 11.0. The van der Waals surface area contributed by atoms with Gasteiger partial charge in [0, 0.05) is 31.1 Å². The van der Waals surface area contributed by atoms with Crippen LogP contribution in [0.3, 0.4) is 0 Å². The minimum absolute atomic E-state index is 0.0689. The molecule has 8 heteroatoms. The number of nitrogens with zero attached hydrogens (tertiary/aromatic N) is 1. The molecule has 1 fully saturated rings. The van der Waals surface area contributed by atoms with Crippen LogP contribution in [0.15, 0.2) is 36.4 Å². The van der Waals surface area contributed by atoms with Crippen molar-refractivity contribution in [1.29, 1.82) is 0 Å². The van der Waals surface area contributed by atoms with Crippen molar-refractivity contribution < 1.29 is 28.5 Å². The van der Waals surface area contributed by atoms with Gasteiger partial charge in [-0.1, -0.05) is 6.92 Å². The van der Waals surface area contributed by atoms with Crippen molar-refractivity contribution in [2.45, 2.75) is 19.3 Å². The summed E-state index contributed by atoms with van der Waals surface area (Å²) >= 11 is 0. The molecule has 178 valence electrons. The molecule has 2 aromatic carbocycles. The van der Waals surface area contributed by atoms with E-state index in [4.69, 9.17) is 18.9 Å². The lowest BCUT2D eigenvalue weighted by atomic mass is 9.88. The Morgan fingerprint density at radius 2 is 1.58 bits per heavy atom. The van der Waals surface area contributed by atoms with Crippen LogP contribution < -0.4 is 24.3 Å². The van der Waals surface area contributed by atoms with E-state index in [1.807, 2.05) is 19.1 Å². The Morgan fingerprint density at radius 3 is 2.09 bits per heavy atom. The number of hydrogen-bond acceptors (Lipinski definition) is 6. The number of carbonyl (C=O) groups is 2. The summed E-state index contributed by atoms with van der Waals surface area (Å²) in [7, 11) is 6.24. The first kappa shape index (κ1) is 24.2. The molecule has 33 heavy (non-hydrogen) atoms. The monoisotopic (exact) mass is 456 g/mol. The number of benzene rings is 2. The van der Waals surface area contributed by atoms with Gasteiger partial charge in [0.25, 0.3) is 5.91 Å². The molecule has 0 saturated carbocycles. The summed E-state index contributed by atoms with van der Waals surface area (Å²) in [5, 5.41) is 2.99. The van der Waals surface area contributed by atoms with Gasteiger partial charge < -0.3 is 29.2 Å².